The highest BCUT2D eigenvalue weighted by atomic mass is 32.1. The summed E-state index contributed by atoms with van der Waals surface area (Å²) >= 11 is 1.36. The van der Waals surface area contributed by atoms with Gasteiger partial charge in [0, 0.05) is 13.1 Å². The van der Waals surface area contributed by atoms with Crippen LogP contribution in [-0.2, 0) is 16.0 Å². The van der Waals surface area contributed by atoms with Crippen molar-refractivity contribution in [1.82, 2.24) is 4.90 Å². The van der Waals surface area contributed by atoms with Crippen LogP contribution in [0.3, 0.4) is 0 Å². The number of ketones is 1. The summed E-state index contributed by atoms with van der Waals surface area (Å²) in [5.74, 6) is -0.0280. The highest BCUT2D eigenvalue weighted by Crippen LogP contribution is 2.16. The molecule has 6 heteroatoms. The third kappa shape index (κ3) is 3.86. The number of carbonyl (C=O) groups is 2. The van der Waals surface area contributed by atoms with Crippen LogP contribution < -0.4 is 0 Å². The minimum atomic E-state index is -0.623. The van der Waals surface area contributed by atoms with E-state index in [1.54, 1.807) is 11.0 Å². The number of Topliss-reactive ketones (excluding diaryl/α,β-unsaturated/α-hetero) is 1. The quantitative estimate of drug-likeness (QED) is 0.830. The molecule has 1 atom stereocenters. The number of carbonyl (C=O) groups excluding carboxylic acids is 2. The number of aliphatic hydroxyl groups excluding tert-OH is 1. The predicted octanol–water partition coefficient (Wildman–Crippen LogP) is 0.713. The molecule has 19 heavy (non-hydrogen) atoms. The lowest BCUT2D eigenvalue weighted by Gasteiger charge is -2.21. The Kier molecular flexibility index (Phi) is 4.68. The molecular formula is C13H17NO4S. The van der Waals surface area contributed by atoms with Crippen LogP contribution in [0.4, 0.5) is 0 Å². The molecule has 1 aliphatic rings. The van der Waals surface area contributed by atoms with Crippen LogP contribution in [-0.4, -0.2) is 54.1 Å². The minimum absolute atomic E-state index is 0.0160. The smallest absolute Gasteiger partial charge is 0.227 e. The second-order valence-electron chi connectivity index (χ2n) is 4.62. The fourth-order valence-corrected chi connectivity index (χ4v) is 2.77. The Bertz CT molecular complexity index is 471. The Morgan fingerprint density at radius 1 is 1.58 bits per heavy atom. The van der Waals surface area contributed by atoms with Gasteiger partial charge >= 0.3 is 0 Å². The number of ether oxygens (including phenoxy) is 1. The van der Waals surface area contributed by atoms with Crippen LogP contribution in [0.25, 0.3) is 0 Å². The third-order valence-corrected chi connectivity index (χ3v) is 4.04. The SMILES string of the molecule is CC(=O)c1cc(CC(=O)N2CCOCC(O)C2)cs1. The van der Waals surface area contributed by atoms with Crippen molar-refractivity contribution in [2.75, 3.05) is 26.3 Å². The van der Waals surface area contributed by atoms with Gasteiger partial charge in [0.25, 0.3) is 0 Å². The monoisotopic (exact) mass is 283 g/mol. The Labute approximate surface area is 115 Å². The van der Waals surface area contributed by atoms with E-state index < -0.39 is 6.10 Å². The Morgan fingerprint density at radius 2 is 2.37 bits per heavy atom. The van der Waals surface area contributed by atoms with E-state index in [0.29, 0.717) is 24.6 Å². The van der Waals surface area contributed by atoms with E-state index in [0.717, 1.165) is 5.56 Å². The molecule has 1 amide bonds. The minimum Gasteiger partial charge on any atom is -0.389 e. The van der Waals surface area contributed by atoms with Crippen LogP contribution >= 0.6 is 11.3 Å². The molecule has 0 bridgehead atoms. The zero-order chi connectivity index (χ0) is 13.8. The Balaban J connectivity index is 1.97. The zero-order valence-corrected chi connectivity index (χ0v) is 11.6. The summed E-state index contributed by atoms with van der Waals surface area (Å²) in [5.41, 5.74) is 0.847. The average Bonchev–Trinajstić information content (AvgIpc) is 2.71. The highest BCUT2D eigenvalue weighted by molar-refractivity contribution is 7.12. The van der Waals surface area contributed by atoms with Gasteiger partial charge in [0.15, 0.2) is 5.78 Å². The number of aliphatic hydroxyl groups is 1. The van der Waals surface area contributed by atoms with Crippen molar-refractivity contribution in [3.05, 3.63) is 21.9 Å². The molecule has 1 saturated heterocycles. The molecule has 1 aromatic rings. The molecule has 0 spiro atoms. The maximum Gasteiger partial charge on any atom is 0.227 e. The fraction of sp³-hybridized carbons (Fsp3) is 0.538. The number of hydrogen-bond acceptors (Lipinski definition) is 5. The van der Waals surface area contributed by atoms with Crippen LogP contribution in [0, 0.1) is 0 Å². The van der Waals surface area contributed by atoms with E-state index in [1.165, 1.54) is 18.3 Å². The molecule has 0 aromatic carbocycles. The number of hydrogen-bond donors (Lipinski definition) is 1. The van der Waals surface area contributed by atoms with E-state index in [-0.39, 0.29) is 24.7 Å². The van der Waals surface area contributed by atoms with Crippen molar-refractivity contribution < 1.29 is 19.4 Å². The molecule has 2 rings (SSSR count). The summed E-state index contributed by atoms with van der Waals surface area (Å²) in [6.07, 6.45) is -0.363. The van der Waals surface area contributed by atoms with Gasteiger partial charge in [0.1, 0.15) is 0 Å². The molecular weight excluding hydrogens is 266 g/mol. The standard InChI is InChI=1S/C13H17NO4S/c1-9(15)12-4-10(8-19-12)5-13(17)14-2-3-18-7-11(16)6-14/h4,8,11,16H,2-3,5-7H2,1H3. The fourth-order valence-electron chi connectivity index (χ4n) is 1.96. The maximum atomic E-state index is 12.1. The second-order valence-corrected chi connectivity index (χ2v) is 5.53. The summed E-state index contributed by atoms with van der Waals surface area (Å²) in [6, 6.07) is 1.76. The second kappa shape index (κ2) is 6.27. The van der Waals surface area contributed by atoms with Crippen LogP contribution in [0.1, 0.15) is 22.2 Å². The van der Waals surface area contributed by atoms with Gasteiger partial charge in [-0.2, -0.15) is 0 Å². The molecule has 1 aromatic heterocycles. The molecule has 1 N–H and O–H groups in total. The molecule has 0 aliphatic carbocycles. The van der Waals surface area contributed by atoms with Gasteiger partial charge in [0.05, 0.1) is 30.6 Å². The van der Waals surface area contributed by atoms with Gasteiger partial charge in [-0.25, -0.2) is 0 Å². The third-order valence-electron chi connectivity index (χ3n) is 2.96. The summed E-state index contributed by atoms with van der Waals surface area (Å²) in [4.78, 5) is 25.6. The normalized spacial score (nSPS) is 20.1. The summed E-state index contributed by atoms with van der Waals surface area (Å²) < 4.78 is 5.19. The number of β-amino-alcohol motifs (C(OH)–C–C–N with tert-alkyl or cyclic N) is 1. The van der Waals surface area contributed by atoms with Crippen molar-refractivity contribution in [2.24, 2.45) is 0 Å². The summed E-state index contributed by atoms with van der Waals surface area (Å²) in [7, 11) is 0. The van der Waals surface area contributed by atoms with E-state index in [9.17, 15) is 14.7 Å². The molecule has 2 heterocycles. The molecule has 1 fully saturated rings. The first-order valence-corrected chi connectivity index (χ1v) is 7.06. The van der Waals surface area contributed by atoms with Crippen molar-refractivity contribution in [1.29, 1.82) is 0 Å². The van der Waals surface area contributed by atoms with E-state index in [1.807, 2.05) is 5.38 Å². The Hall–Kier alpha value is -1.24. The first-order chi connectivity index (χ1) is 9.06. The van der Waals surface area contributed by atoms with Crippen LogP contribution in [0.15, 0.2) is 11.4 Å². The topological polar surface area (TPSA) is 66.8 Å². The predicted molar refractivity (Wildman–Crippen MR) is 71.4 cm³/mol. The Morgan fingerprint density at radius 3 is 3.05 bits per heavy atom. The molecule has 104 valence electrons. The van der Waals surface area contributed by atoms with Gasteiger partial charge in [0.2, 0.25) is 5.91 Å². The van der Waals surface area contributed by atoms with Crippen LogP contribution in [0.2, 0.25) is 0 Å². The first-order valence-electron chi connectivity index (χ1n) is 6.18. The zero-order valence-electron chi connectivity index (χ0n) is 10.8. The maximum absolute atomic E-state index is 12.1. The van der Waals surface area contributed by atoms with E-state index >= 15 is 0 Å². The molecule has 0 saturated carbocycles. The van der Waals surface area contributed by atoms with Crippen molar-refractivity contribution >= 4 is 23.0 Å². The van der Waals surface area contributed by atoms with Gasteiger partial charge in [-0.05, 0) is 23.9 Å². The van der Waals surface area contributed by atoms with Gasteiger partial charge in [-0.1, -0.05) is 0 Å². The van der Waals surface area contributed by atoms with Gasteiger partial charge < -0.3 is 14.7 Å². The molecule has 5 nitrogen and oxygen atoms in total. The highest BCUT2D eigenvalue weighted by Gasteiger charge is 2.21. The number of rotatable bonds is 3. The van der Waals surface area contributed by atoms with Crippen molar-refractivity contribution in [3.8, 4) is 0 Å². The average molecular weight is 283 g/mol. The van der Waals surface area contributed by atoms with Crippen molar-refractivity contribution in [2.45, 2.75) is 19.4 Å². The molecule has 1 unspecified atom stereocenters. The molecule has 0 radical (unpaired) electrons. The van der Waals surface area contributed by atoms with Gasteiger partial charge in [-0.15, -0.1) is 11.3 Å². The van der Waals surface area contributed by atoms with E-state index in [4.69, 9.17) is 4.74 Å². The van der Waals surface area contributed by atoms with E-state index in [2.05, 4.69) is 0 Å². The van der Waals surface area contributed by atoms with Gasteiger partial charge in [-0.3, -0.25) is 9.59 Å². The molecule has 1 aliphatic heterocycles. The van der Waals surface area contributed by atoms with Crippen molar-refractivity contribution in [3.63, 3.8) is 0 Å². The van der Waals surface area contributed by atoms with Crippen LogP contribution in [0.5, 0.6) is 0 Å². The lowest BCUT2D eigenvalue weighted by Crippen LogP contribution is -2.38. The number of nitrogens with zero attached hydrogens (tertiary/aromatic N) is 1. The lowest BCUT2D eigenvalue weighted by molar-refractivity contribution is -0.131. The summed E-state index contributed by atoms with van der Waals surface area (Å²) in [5, 5.41) is 11.4. The number of amides is 1. The first kappa shape index (κ1) is 14.2. The largest absolute Gasteiger partial charge is 0.389 e. The lowest BCUT2D eigenvalue weighted by atomic mass is 10.2. The summed E-state index contributed by atoms with van der Waals surface area (Å²) in [6.45, 7) is 3.05. The number of thiophene rings is 1.